The zero-order valence-electron chi connectivity index (χ0n) is 11.5. The summed E-state index contributed by atoms with van der Waals surface area (Å²) < 4.78 is 74.6. The quantitative estimate of drug-likeness (QED) is 0.698. The molecular weight excluding hydrogens is 338 g/mol. The molecule has 1 atom stereocenters. The van der Waals surface area contributed by atoms with E-state index in [1.165, 1.54) is 6.92 Å². The van der Waals surface area contributed by atoms with Crippen LogP contribution in [0.25, 0.3) is 0 Å². The Morgan fingerprint density at radius 3 is 1.91 bits per heavy atom. The molecule has 1 aliphatic heterocycles. The molecule has 1 heterocycles. The van der Waals surface area contributed by atoms with Crippen molar-refractivity contribution in [3.63, 3.8) is 0 Å². The average molecular weight is 348 g/mol. The lowest BCUT2D eigenvalue weighted by atomic mass is 10.0. The Morgan fingerprint density at radius 2 is 1.52 bits per heavy atom. The Morgan fingerprint density at radius 1 is 1.04 bits per heavy atom. The van der Waals surface area contributed by atoms with Gasteiger partial charge in [-0.05, 0) is 6.42 Å². The van der Waals surface area contributed by atoms with Gasteiger partial charge in [0.2, 0.25) is 5.91 Å². The Bertz CT molecular complexity index is 542. The van der Waals surface area contributed by atoms with Crippen molar-refractivity contribution in [2.24, 2.45) is 0 Å². The van der Waals surface area contributed by atoms with Crippen molar-refractivity contribution in [3.05, 3.63) is 0 Å². The molecule has 130 valence electrons. The predicted molar refractivity (Wildman–Crippen MR) is 59.4 cm³/mol. The van der Waals surface area contributed by atoms with Crippen LogP contribution in [0.4, 0.5) is 26.3 Å². The number of nitrogens with zero attached hydrogens (tertiary/aromatic N) is 2. The molecule has 1 rings (SSSR count). The van der Waals surface area contributed by atoms with Crippen LogP contribution >= 0.6 is 0 Å². The van der Waals surface area contributed by atoms with E-state index < -0.39 is 64.8 Å². The van der Waals surface area contributed by atoms with Crippen molar-refractivity contribution in [2.75, 3.05) is 6.54 Å². The highest BCUT2D eigenvalue weighted by Gasteiger charge is 2.55. The molecule has 0 radical (unpaired) electrons. The SMILES string of the molecule is CCCC1C(=O)N(C(=O)C(F)(F)F)CC(=O)N1C(=O)C(F)(F)F. The lowest BCUT2D eigenvalue weighted by Crippen LogP contribution is -2.66. The predicted octanol–water partition coefficient (Wildman–Crippen LogP) is 1.00. The minimum atomic E-state index is -5.49. The highest BCUT2D eigenvalue weighted by Crippen LogP contribution is 2.27. The first-order valence-electron chi connectivity index (χ1n) is 6.18. The van der Waals surface area contributed by atoms with E-state index in [9.17, 15) is 45.5 Å². The Balaban J connectivity index is 3.22. The van der Waals surface area contributed by atoms with E-state index in [2.05, 4.69) is 0 Å². The van der Waals surface area contributed by atoms with Crippen molar-refractivity contribution >= 4 is 23.6 Å². The third kappa shape index (κ3) is 3.79. The van der Waals surface area contributed by atoms with Crippen molar-refractivity contribution in [1.29, 1.82) is 0 Å². The molecule has 0 aliphatic carbocycles. The summed E-state index contributed by atoms with van der Waals surface area (Å²) in [4.78, 5) is 45.0. The molecular formula is C11H10F6N2O4. The summed E-state index contributed by atoms with van der Waals surface area (Å²) in [6.45, 7) is -0.211. The zero-order valence-corrected chi connectivity index (χ0v) is 11.5. The maximum absolute atomic E-state index is 12.5. The van der Waals surface area contributed by atoms with Gasteiger partial charge >= 0.3 is 24.2 Å². The van der Waals surface area contributed by atoms with E-state index in [-0.39, 0.29) is 6.42 Å². The molecule has 4 amide bonds. The monoisotopic (exact) mass is 348 g/mol. The molecule has 1 fully saturated rings. The van der Waals surface area contributed by atoms with Gasteiger partial charge in [-0.2, -0.15) is 26.3 Å². The van der Waals surface area contributed by atoms with Gasteiger partial charge in [0.1, 0.15) is 12.6 Å². The van der Waals surface area contributed by atoms with Crippen molar-refractivity contribution in [2.45, 2.75) is 38.2 Å². The molecule has 23 heavy (non-hydrogen) atoms. The molecule has 0 bridgehead atoms. The fourth-order valence-electron chi connectivity index (χ4n) is 2.00. The number of carbonyl (C=O) groups is 4. The Kier molecular flexibility index (Phi) is 5.07. The number of hydrogen-bond acceptors (Lipinski definition) is 4. The number of amides is 4. The van der Waals surface area contributed by atoms with E-state index in [0.29, 0.717) is 0 Å². The standard InChI is InChI=1S/C11H10F6N2O4/c1-2-3-5-7(21)18(8(22)10(12,13)14)4-6(20)19(5)9(23)11(15,16)17/h5H,2-4H2,1H3. The number of carbonyl (C=O) groups excluding carboxylic acids is 4. The van der Waals surface area contributed by atoms with Crippen LogP contribution < -0.4 is 0 Å². The van der Waals surface area contributed by atoms with Crippen molar-refractivity contribution in [3.8, 4) is 0 Å². The van der Waals surface area contributed by atoms with Crippen molar-refractivity contribution in [1.82, 2.24) is 9.80 Å². The van der Waals surface area contributed by atoms with Gasteiger partial charge in [-0.15, -0.1) is 0 Å². The molecule has 6 nitrogen and oxygen atoms in total. The topological polar surface area (TPSA) is 74.8 Å². The summed E-state index contributed by atoms with van der Waals surface area (Å²) >= 11 is 0. The smallest absolute Gasteiger partial charge is 0.272 e. The first kappa shape index (κ1) is 18.9. The first-order chi connectivity index (χ1) is 10.3. The molecule has 0 aromatic heterocycles. The minimum absolute atomic E-state index is 0.0145. The van der Waals surface area contributed by atoms with Crippen LogP contribution in [0.3, 0.4) is 0 Å². The maximum Gasteiger partial charge on any atom is 0.471 e. The maximum atomic E-state index is 12.5. The second kappa shape index (κ2) is 6.16. The highest BCUT2D eigenvalue weighted by atomic mass is 19.4. The summed E-state index contributed by atoms with van der Waals surface area (Å²) in [6.07, 6.45) is -11.5. The second-order valence-electron chi connectivity index (χ2n) is 4.60. The molecule has 1 aliphatic rings. The van der Waals surface area contributed by atoms with Gasteiger partial charge in [0.15, 0.2) is 0 Å². The molecule has 12 heteroatoms. The summed E-state index contributed by atoms with van der Waals surface area (Å²) in [5.41, 5.74) is 0. The number of rotatable bonds is 2. The molecule has 1 unspecified atom stereocenters. The van der Waals surface area contributed by atoms with Crippen LogP contribution in [0, 0.1) is 0 Å². The lowest BCUT2D eigenvalue weighted by molar-refractivity contribution is -0.201. The number of imide groups is 2. The van der Waals surface area contributed by atoms with Crippen LogP contribution in [-0.4, -0.2) is 58.4 Å². The third-order valence-corrected chi connectivity index (χ3v) is 2.94. The summed E-state index contributed by atoms with van der Waals surface area (Å²) in [5, 5.41) is 0. The molecule has 0 saturated carbocycles. The van der Waals surface area contributed by atoms with E-state index in [1.54, 1.807) is 0 Å². The van der Waals surface area contributed by atoms with E-state index in [4.69, 9.17) is 0 Å². The third-order valence-electron chi connectivity index (χ3n) is 2.94. The molecule has 0 spiro atoms. The summed E-state index contributed by atoms with van der Waals surface area (Å²) in [6, 6.07) is -2.11. The van der Waals surface area contributed by atoms with Crippen LogP contribution in [0.1, 0.15) is 19.8 Å². The second-order valence-corrected chi connectivity index (χ2v) is 4.60. The van der Waals surface area contributed by atoms with E-state index in [1.807, 2.05) is 0 Å². The summed E-state index contributed by atoms with van der Waals surface area (Å²) in [7, 11) is 0. The van der Waals surface area contributed by atoms with E-state index in [0.717, 1.165) is 0 Å². The van der Waals surface area contributed by atoms with E-state index >= 15 is 0 Å². The molecule has 1 saturated heterocycles. The highest BCUT2D eigenvalue weighted by molar-refractivity contribution is 6.12. The van der Waals surface area contributed by atoms with Gasteiger partial charge in [0, 0.05) is 0 Å². The molecule has 0 aromatic carbocycles. The Labute approximate surface area is 125 Å². The molecule has 0 aromatic rings. The molecule has 0 N–H and O–H groups in total. The average Bonchev–Trinajstić information content (AvgIpc) is 2.39. The van der Waals surface area contributed by atoms with Crippen LogP contribution in [0.15, 0.2) is 0 Å². The lowest BCUT2D eigenvalue weighted by Gasteiger charge is -2.38. The normalized spacial score (nSPS) is 20.0. The number of piperazine rings is 1. The van der Waals surface area contributed by atoms with Gasteiger partial charge in [-0.3, -0.25) is 29.0 Å². The van der Waals surface area contributed by atoms with Gasteiger partial charge in [0.25, 0.3) is 5.91 Å². The van der Waals surface area contributed by atoms with Gasteiger partial charge in [-0.1, -0.05) is 13.3 Å². The van der Waals surface area contributed by atoms with Crippen molar-refractivity contribution < 1.29 is 45.5 Å². The van der Waals surface area contributed by atoms with Crippen LogP contribution in [-0.2, 0) is 19.2 Å². The Hall–Kier alpha value is -2.14. The largest absolute Gasteiger partial charge is 0.471 e. The number of halogens is 6. The van der Waals surface area contributed by atoms with Crippen LogP contribution in [0.5, 0.6) is 0 Å². The fourth-order valence-corrected chi connectivity index (χ4v) is 2.00. The van der Waals surface area contributed by atoms with Crippen LogP contribution in [0.2, 0.25) is 0 Å². The minimum Gasteiger partial charge on any atom is -0.272 e. The first-order valence-corrected chi connectivity index (χ1v) is 6.18. The number of alkyl halides is 6. The summed E-state index contributed by atoms with van der Waals surface area (Å²) in [5.74, 6) is -8.71. The van der Waals surface area contributed by atoms with Gasteiger partial charge in [0.05, 0.1) is 0 Å². The fraction of sp³-hybridized carbons (Fsp3) is 0.636. The van der Waals surface area contributed by atoms with Gasteiger partial charge < -0.3 is 0 Å². The number of hydrogen-bond donors (Lipinski definition) is 0. The van der Waals surface area contributed by atoms with Gasteiger partial charge in [-0.25, -0.2) is 0 Å². The zero-order chi connectivity index (χ0) is 18.2.